The highest BCUT2D eigenvalue weighted by molar-refractivity contribution is 7.14. The monoisotopic (exact) mass is 357 g/mol. The molecule has 2 aromatic heterocycles. The number of aryl methyl sites for hydroxylation is 1. The number of hydrogen-bond donors (Lipinski definition) is 3. The van der Waals surface area contributed by atoms with E-state index in [1.807, 2.05) is 18.2 Å². The van der Waals surface area contributed by atoms with Crippen molar-refractivity contribution < 1.29 is 14.1 Å². The average Bonchev–Trinajstić information content (AvgIpc) is 3.17. The van der Waals surface area contributed by atoms with E-state index in [-0.39, 0.29) is 12.3 Å². The molecule has 0 saturated carbocycles. The Morgan fingerprint density at radius 3 is 2.68 bits per heavy atom. The number of para-hydroxylation sites is 1. The molecule has 3 N–H and O–H groups in total. The molecule has 0 aliphatic heterocycles. The normalized spacial score (nSPS) is 10.3. The molecule has 0 aliphatic rings. The van der Waals surface area contributed by atoms with Crippen molar-refractivity contribution in [1.82, 2.24) is 10.1 Å². The number of carbonyl (C=O) groups excluding carboxylic acids is 2. The Morgan fingerprint density at radius 2 is 1.96 bits per heavy atom. The van der Waals surface area contributed by atoms with Gasteiger partial charge in [0.15, 0.2) is 10.9 Å². The number of urea groups is 1. The van der Waals surface area contributed by atoms with E-state index in [4.69, 9.17) is 4.52 Å². The molecule has 0 bridgehead atoms. The first-order valence-corrected chi connectivity index (χ1v) is 8.27. The third-order valence-electron chi connectivity index (χ3n) is 3.04. The Kier molecular flexibility index (Phi) is 5.05. The van der Waals surface area contributed by atoms with Crippen LogP contribution in [-0.4, -0.2) is 22.1 Å². The number of rotatable bonds is 5. The molecule has 9 heteroatoms. The number of thiazole rings is 1. The zero-order valence-corrected chi connectivity index (χ0v) is 14.1. The number of amides is 3. The SMILES string of the molecule is Cc1cc(NC(=O)Cc2csc(NC(=O)Nc3ccccc3)n2)no1. The Hall–Kier alpha value is -3.20. The fourth-order valence-corrected chi connectivity index (χ4v) is 2.71. The summed E-state index contributed by atoms with van der Waals surface area (Å²) in [5.41, 5.74) is 1.23. The number of carbonyl (C=O) groups is 2. The summed E-state index contributed by atoms with van der Waals surface area (Å²) in [6.07, 6.45) is 0.0738. The van der Waals surface area contributed by atoms with Crippen LogP contribution in [0.2, 0.25) is 0 Å². The van der Waals surface area contributed by atoms with Gasteiger partial charge in [0, 0.05) is 17.1 Å². The third-order valence-corrected chi connectivity index (χ3v) is 3.85. The maximum Gasteiger partial charge on any atom is 0.325 e. The van der Waals surface area contributed by atoms with E-state index in [1.54, 1.807) is 30.5 Å². The van der Waals surface area contributed by atoms with Gasteiger partial charge < -0.3 is 15.2 Å². The molecule has 0 fully saturated rings. The van der Waals surface area contributed by atoms with Crippen LogP contribution in [0.5, 0.6) is 0 Å². The summed E-state index contributed by atoms with van der Waals surface area (Å²) in [4.78, 5) is 28.1. The smallest absolute Gasteiger partial charge is 0.325 e. The molecule has 8 nitrogen and oxygen atoms in total. The summed E-state index contributed by atoms with van der Waals surface area (Å²) < 4.78 is 4.88. The maximum absolute atomic E-state index is 11.9. The highest BCUT2D eigenvalue weighted by Gasteiger charge is 2.11. The molecule has 0 spiro atoms. The second-order valence-electron chi connectivity index (χ2n) is 5.14. The van der Waals surface area contributed by atoms with Crippen LogP contribution in [0.1, 0.15) is 11.5 Å². The summed E-state index contributed by atoms with van der Waals surface area (Å²) in [6, 6.07) is 10.3. The quantitative estimate of drug-likeness (QED) is 0.649. The van der Waals surface area contributed by atoms with Gasteiger partial charge in [-0.3, -0.25) is 10.1 Å². The van der Waals surface area contributed by atoms with Gasteiger partial charge >= 0.3 is 6.03 Å². The molecular formula is C16H15N5O3S. The van der Waals surface area contributed by atoms with Crippen molar-refractivity contribution in [1.29, 1.82) is 0 Å². The first kappa shape index (κ1) is 16.7. The largest absolute Gasteiger partial charge is 0.360 e. The minimum absolute atomic E-state index is 0.0738. The van der Waals surface area contributed by atoms with Crippen LogP contribution in [0.4, 0.5) is 21.4 Å². The minimum Gasteiger partial charge on any atom is -0.360 e. The Bertz CT molecular complexity index is 875. The Labute approximate surface area is 147 Å². The van der Waals surface area contributed by atoms with Gasteiger partial charge in [-0.2, -0.15) is 0 Å². The van der Waals surface area contributed by atoms with E-state index in [0.29, 0.717) is 28.1 Å². The van der Waals surface area contributed by atoms with Crippen LogP contribution in [-0.2, 0) is 11.2 Å². The van der Waals surface area contributed by atoms with Gasteiger partial charge in [-0.15, -0.1) is 11.3 Å². The van der Waals surface area contributed by atoms with Crippen molar-refractivity contribution >= 4 is 39.9 Å². The van der Waals surface area contributed by atoms with Crippen LogP contribution in [0.25, 0.3) is 0 Å². The molecule has 2 heterocycles. The van der Waals surface area contributed by atoms with Crippen molar-refractivity contribution in [2.75, 3.05) is 16.0 Å². The maximum atomic E-state index is 11.9. The lowest BCUT2D eigenvalue weighted by molar-refractivity contribution is -0.115. The molecule has 0 aliphatic carbocycles. The molecule has 3 amide bonds. The number of hydrogen-bond acceptors (Lipinski definition) is 6. The summed E-state index contributed by atoms with van der Waals surface area (Å²) in [7, 11) is 0. The first-order chi connectivity index (χ1) is 12.1. The van der Waals surface area contributed by atoms with E-state index >= 15 is 0 Å². The zero-order chi connectivity index (χ0) is 17.6. The molecule has 0 radical (unpaired) electrons. The summed E-state index contributed by atoms with van der Waals surface area (Å²) in [5.74, 6) is 0.706. The first-order valence-electron chi connectivity index (χ1n) is 7.39. The van der Waals surface area contributed by atoms with Crippen LogP contribution < -0.4 is 16.0 Å². The van der Waals surface area contributed by atoms with E-state index in [2.05, 4.69) is 26.1 Å². The highest BCUT2D eigenvalue weighted by Crippen LogP contribution is 2.17. The molecule has 3 aromatic rings. The van der Waals surface area contributed by atoms with Crippen LogP contribution in [0.15, 0.2) is 46.3 Å². The van der Waals surface area contributed by atoms with Gasteiger partial charge in [-0.1, -0.05) is 23.4 Å². The second kappa shape index (κ2) is 7.58. The van der Waals surface area contributed by atoms with Gasteiger partial charge in [-0.05, 0) is 19.1 Å². The number of benzene rings is 1. The van der Waals surface area contributed by atoms with E-state index in [9.17, 15) is 9.59 Å². The average molecular weight is 357 g/mol. The number of nitrogens with one attached hydrogen (secondary N) is 3. The van der Waals surface area contributed by atoms with Gasteiger partial charge in [-0.25, -0.2) is 9.78 Å². The van der Waals surface area contributed by atoms with Crippen molar-refractivity contribution in [2.45, 2.75) is 13.3 Å². The van der Waals surface area contributed by atoms with Crippen molar-refractivity contribution in [3.8, 4) is 0 Å². The molecule has 128 valence electrons. The fraction of sp³-hybridized carbons (Fsp3) is 0.125. The lowest BCUT2D eigenvalue weighted by atomic mass is 10.3. The molecule has 1 aromatic carbocycles. The topological polar surface area (TPSA) is 109 Å². The molecule has 0 unspecified atom stereocenters. The molecule has 25 heavy (non-hydrogen) atoms. The van der Waals surface area contributed by atoms with E-state index < -0.39 is 6.03 Å². The second-order valence-corrected chi connectivity index (χ2v) is 6.00. The standard InChI is InChI=1S/C16H15N5O3S/c1-10-7-13(21-24-10)19-14(22)8-12-9-25-16(18-12)20-15(23)17-11-5-3-2-4-6-11/h2-7,9H,8H2,1H3,(H,19,21,22)(H2,17,18,20,23). The highest BCUT2D eigenvalue weighted by atomic mass is 32.1. The van der Waals surface area contributed by atoms with Gasteiger partial charge in [0.05, 0.1) is 12.1 Å². The fourth-order valence-electron chi connectivity index (χ4n) is 2.00. The molecular weight excluding hydrogens is 342 g/mol. The zero-order valence-electron chi connectivity index (χ0n) is 13.3. The number of nitrogens with zero attached hydrogens (tertiary/aromatic N) is 2. The predicted octanol–water partition coefficient (Wildman–Crippen LogP) is 3.26. The summed E-state index contributed by atoms with van der Waals surface area (Å²) >= 11 is 1.24. The molecule has 3 rings (SSSR count). The minimum atomic E-state index is -0.394. The van der Waals surface area contributed by atoms with E-state index in [1.165, 1.54) is 11.3 Å². The number of anilines is 3. The lowest BCUT2D eigenvalue weighted by Crippen LogP contribution is -2.19. The van der Waals surface area contributed by atoms with Crippen LogP contribution >= 0.6 is 11.3 Å². The Morgan fingerprint density at radius 1 is 1.16 bits per heavy atom. The molecule has 0 saturated heterocycles. The van der Waals surface area contributed by atoms with Crippen molar-refractivity contribution in [2.24, 2.45) is 0 Å². The van der Waals surface area contributed by atoms with Gasteiger partial charge in [0.1, 0.15) is 5.76 Å². The van der Waals surface area contributed by atoms with Crippen LogP contribution in [0, 0.1) is 6.92 Å². The van der Waals surface area contributed by atoms with Gasteiger partial charge in [0.2, 0.25) is 5.91 Å². The summed E-state index contributed by atoms with van der Waals surface area (Å²) in [6.45, 7) is 1.74. The molecule has 0 atom stereocenters. The third kappa shape index (κ3) is 4.88. The lowest BCUT2D eigenvalue weighted by Gasteiger charge is -2.04. The Balaban J connectivity index is 1.51. The van der Waals surface area contributed by atoms with Crippen molar-refractivity contribution in [3.05, 3.63) is 53.2 Å². The van der Waals surface area contributed by atoms with Crippen LogP contribution in [0.3, 0.4) is 0 Å². The van der Waals surface area contributed by atoms with E-state index in [0.717, 1.165) is 0 Å². The summed E-state index contributed by atoms with van der Waals surface area (Å²) in [5, 5.41) is 13.8. The predicted molar refractivity (Wildman–Crippen MR) is 94.8 cm³/mol. The number of aromatic nitrogens is 2. The van der Waals surface area contributed by atoms with Crippen molar-refractivity contribution in [3.63, 3.8) is 0 Å². The van der Waals surface area contributed by atoms with Gasteiger partial charge in [0.25, 0.3) is 0 Å².